The zero-order valence-electron chi connectivity index (χ0n) is 20.3. The fraction of sp³-hybridized carbons (Fsp3) is 0.375. The fourth-order valence-corrected chi connectivity index (χ4v) is 3.77. The van der Waals surface area contributed by atoms with Crippen molar-refractivity contribution in [3.63, 3.8) is 0 Å². The number of rotatable bonds is 8. The van der Waals surface area contributed by atoms with Crippen LogP contribution in [0.1, 0.15) is 30.9 Å². The number of halogens is 7. The third-order valence-electron chi connectivity index (χ3n) is 5.82. The summed E-state index contributed by atoms with van der Waals surface area (Å²) in [5.74, 6) is -11.9. The lowest BCUT2D eigenvalue weighted by molar-refractivity contribution is -0.267. The minimum atomic E-state index is -6.06. The van der Waals surface area contributed by atoms with Crippen LogP contribution in [0.4, 0.5) is 36.4 Å². The lowest BCUT2D eigenvalue weighted by Gasteiger charge is -2.29. The van der Waals surface area contributed by atoms with E-state index in [1.165, 1.54) is 17.4 Å². The number of hydrogen-bond acceptors (Lipinski definition) is 5. The summed E-state index contributed by atoms with van der Waals surface area (Å²) in [5, 5.41) is 6.73. The first-order valence-electron chi connectivity index (χ1n) is 11.1. The standard InChI is InChI=1S/C24H22F7N3O4/c1-4-13-9-17(35)34(33-19(13)15-10-16(25)20(37-2)21(38-3)18(15)26)11-12-5-7-14(8-6-12)32-22(36)23(27,28)24(29,30)31/h5-8,10,13H,4,9,11H2,1-3H3,(H,32,36). The topological polar surface area (TPSA) is 80.2 Å². The number of hydrogen-bond donors (Lipinski definition) is 1. The molecule has 1 aliphatic heterocycles. The Hall–Kier alpha value is -3.84. The van der Waals surface area contributed by atoms with Crippen LogP contribution in [0.2, 0.25) is 0 Å². The first-order valence-corrected chi connectivity index (χ1v) is 11.1. The van der Waals surface area contributed by atoms with Gasteiger partial charge in [0.2, 0.25) is 11.7 Å². The van der Waals surface area contributed by atoms with Gasteiger partial charge >= 0.3 is 18.0 Å². The molecule has 1 N–H and O–H groups in total. The Balaban J connectivity index is 1.88. The lowest BCUT2D eigenvalue weighted by atomic mass is 9.89. The van der Waals surface area contributed by atoms with Crippen molar-refractivity contribution in [2.75, 3.05) is 19.5 Å². The van der Waals surface area contributed by atoms with Gasteiger partial charge in [0.1, 0.15) is 0 Å². The summed E-state index contributed by atoms with van der Waals surface area (Å²) in [4.78, 5) is 24.1. The number of amides is 2. The van der Waals surface area contributed by atoms with E-state index in [0.29, 0.717) is 12.0 Å². The Kier molecular flexibility index (Phi) is 8.22. The average Bonchev–Trinajstić information content (AvgIpc) is 2.86. The molecule has 2 aromatic carbocycles. The number of nitrogens with one attached hydrogen (secondary N) is 1. The molecule has 206 valence electrons. The molecule has 0 bridgehead atoms. The largest absolute Gasteiger partial charge is 0.490 e. The zero-order chi connectivity index (χ0) is 28.4. The van der Waals surface area contributed by atoms with E-state index in [-0.39, 0.29) is 29.9 Å². The van der Waals surface area contributed by atoms with Crippen molar-refractivity contribution < 1.29 is 49.8 Å². The zero-order valence-corrected chi connectivity index (χ0v) is 20.3. The third kappa shape index (κ3) is 5.53. The lowest BCUT2D eigenvalue weighted by Crippen LogP contribution is -2.47. The van der Waals surface area contributed by atoms with Gasteiger partial charge in [0.05, 0.1) is 26.5 Å². The van der Waals surface area contributed by atoms with Crippen molar-refractivity contribution in [2.45, 2.75) is 38.4 Å². The minimum absolute atomic E-state index is 0.0780. The summed E-state index contributed by atoms with van der Waals surface area (Å²) in [5.41, 5.74) is -0.127. The molecule has 1 heterocycles. The molecule has 1 atom stereocenters. The maximum Gasteiger partial charge on any atom is 0.463 e. The summed E-state index contributed by atoms with van der Waals surface area (Å²) in [7, 11) is 2.28. The number of benzene rings is 2. The highest BCUT2D eigenvalue weighted by Gasteiger charge is 2.63. The average molecular weight is 549 g/mol. The molecule has 14 heteroatoms. The van der Waals surface area contributed by atoms with Crippen molar-refractivity contribution in [1.29, 1.82) is 0 Å². The van der Waals surface area contributed by atoms with Crippen LogP contribution in [0.3, 0.4) is 0 Å². The van der Waals surface area contributed by atoms with Gasteiger partial charge in [0, 0.05) is 23.6 Å². The van der Waals surface area contributed by atoms with Crippen LogP contribution in [-0.4, -0.2) is 48.9 Å². The quantitative estimate of drug-likeness (QED) is 0.455. The molecule has 0 spiro atoms. The van der Waals surface area contributed by atoms with E-state index in [4.69, 9.17) is 9.47 Å². The van der Waals surface area contributed by atoms with Crippen molar-refractivity contribution in [2.24, 2.45) is 11.0 Å². The maximum atomic E-state index is 15.2. The first kappa shape index (κ1) is 28.7. The number of alkyl halides is 5. The van der Waals surface area contributed by atoms with E-state index < -0.39 is 53.0 Å². The summed E-state index contributed by atoms with van der Waals surface area (Å²) < 4.78 is 103. The molecule has 0 radical (unpaired) electrons. The molecule has 7 nitrogen and oxygen atoms in total. The van der Waals surface area contributed by atoms with Crippen LogP contribution in [0, 0.1) is 17.6 Å². The molecule has 2 aromatic rings. The van der Waals surface area contributed by atoms with E-state index in [2.05, 4.69) is 5.10 Å². The molecule has 1 aliphatic rings. The maximum absolute atomic E-state index is 15.2. The number of anilines is 1. The number of carbonyl (C=O) groups is 2. The Labute approximate surface area is 212 Å². The molecular formula is C24H22F7N3O4. The van der Waals surface area contributed by atoms with Gasteiger partial charge in [-0.15, -0.1) is 0 Å². The van der Waals surface area contributed by atoms with Crippen LogP contribution in [0.15, 0.2) is 35.4 Å². The predicted octanol–water partition coefficient (Wildman–Crippen LogP) is 5.28. The SMILES string of the molecule is CCC1CC(=O)N(Cc2ccc(NC(=O)C(F)(F)C(F)(F)F)cc2)N=C1c1cc(F)c(OC)c(OC)c1F. The molecule has 0 aromatic heterocycles. The minimum Gasteiger partial charge on any atom is -0.490 e. The molecule has 2 amide bonds. The van der Waals surface area contributed by atoms with Gasteiger partial charge in [-0.3, -0.25) is 9.59 Å². The van der Waals surface area contributed by atoms with Gasteiger partial charge in [0.15, 0.2) is 17.4 Å². The van der Waals surface area contributed by atoms with Crippen molar-refractivity contribution in [1.82, 2.24) is 5.01 Å². The monoisotopic (exact) mass is 549 g/mol. The molecule has 1 unspecified atom stereocenters. The summed E-state index contributed by atoms with van der Waals surface area (Å²) in [6, 6.07) is 5.56. The van der Waals surface area contributed by atoms with Crippen LogP contribution in [0.25, 0.3) is 0 Å². The Morgan fingerprint density at radius 3 is 2.21 bits per heavy atom. The third-order valence-corrected chi connectivity index (χ3v) is 5.82. The van der Waals surface area contributed by atoms with E-state index >= 15 is 4.39 Å². The van der Waals surface area contributed by atoms with E-state index in [1.54, 1.807) is 6.92 Å². The van der Waals surface area contributed by atoms with Gasteiger partial charge in [-0.05, 0) is 30.2 Å². The molecular weight excluding hydrogens is 527 g/mol. The van der Waals surface area contributed by atoms with Gasteiger partial charge in [0.25, 0.3) is 0 Å². The van der Waals surface area contributed by atoms with Gasteiger partial charge in [-0.1, -0.05) is 19.1 Å². The number of ether oxygens (including phenoxy) is 2. The Bertz CT molecular complexity index is 1250. The second kappa shape index (κ2) is 10.9. The highest BCUT2D eigenvalue weighted by atomic mass is 19.4. The second-order valence-corrected chi connectivity index (χ2v) is 8.26. The number of methoxy groups -OCH3 is 2. The molecule has 38 heavy (non-hydrogen) atoms. The second-order valence-electron chi connectivity index (χ2n) is 8.26. The van der Waals surface area contributed by atoms with Crippen molar-refractivity contribution in [3.8, 4) is 11.5 Å². The summed E-state index contributed by atoms with van der Waals surface area (Å²) in [6.45, 7) is 1.55. The van der Waals surface area contributed by atoms with Gasteiger partial charge < -0.3 is 14.8 Å². The molecule has 0 saturated heterocycles. The molecule has 0 fully saturated rings. The highest BCUT2D eigenvalue weighted by Crippen LogP contribution is 2.38. The van der Waals surface area contributed by atoms with Gasteiger partial charge in [-0.2, -0.15) is 27.1 Å². The Morgan fingerprint density at radius 1 is 1.08 bits per heavy atom. The van der Waals surface area contributed by atoms with E-state index in [1.807, 2.05) is 0 Å². The Morgan fingerprint density at radius 2 is 1.68 bits per heavy atom. The van der Waals surface area contributed by atoms with E-state index in [0.717, 1.165) is 37.4 Å². The number of nitrogens with zero attached hydrogens (tertiary/aromatic N) is 2. The highest BCUT2D eigenvalue weighted by molar-refractivity contribution is 6.06. The molecule has 0 saturated carbocycles. The molecule has 0 aliphatic carbocycles. The van der Waals surface area contributed by atoms with Crippen LogP contribution in [-0.2, 0) is 16.1 Å². The predicted molar refractivity (Wildman–Crippen MR) is 121 cm³/mol. The smallest absolute Gasteiger partial charge is 0.463 e. The summed E-state index contributed by atoms with van der Waals surface area (Å²) >= 11 is 0. The number of carbonyl (C=O) groups excluding carboxylic acids is 2. The van der Waals surface area contributed by atoms with Gasteiger partial charge in [-0.25, -0.2) is 13.8 Å². The van der Waals surface area contributed by atoms with E-state index in [9.17, 15) is 35.9 Å². The van der Waals surface area contributed by atoms with Crippen molar-refractivity contribution >= 4 is 23.2 Å². The molecule has 3 rings (SSSR count). The van der Waals surface area contributed by atoms with Crippen LogP contribution < -0.4 is 14.8 Å². The number of hydrazone groups is 1. The normalized spacial score (nSPS) is 16.3. The van der Waals surface area contributed by atoms with Crippen LogP contribution in [0.5, 0.6) is 11.5 Å². The fourth-order valence-electron chi connectivity index (χ4n) is 3.77. The first-order chi connectivity index (χ1) is 17.7. The van der Waals surface area contributed by atoms with Crippen molar-refractivity contribution in [3.05, 3.63) is 53.1 Å². The summed E-state index contributed by atoms with van der Waals surface area (Å²) in [6.07, 6.45) is -5.76. The van der Waals surface area contributed by atoms with Crippen LogP contribution >= 0.6 is 0 Å².